The molecule has 2 unspecified atom stereocenters. The molecule has 8 nitrogen and oxygen atoms in total. The monoisotopic (exact) mass is 447 g/mol. The molecule has 11 heteroatoms. The summed E-state index contributed by atoms with van der Waals surface area (Å²) >= 11 is 0. The number of nitrogens with one attached hydrogen (secondary N) is 2. The normalized spacial score (nSPS) is 21.9. The number of ether oxygens (including phenoxy) is 1. The minimum Gasteiger partial charge on any atom is -0.378 e. The van der Waals surface area contributed by atoms with E-state index in [9.17, 15) is 13.2 Å². The largest absolute Gasteiger partial charge is 0.419 e. The van der Waals surface area contributed by atoms with Gasteiger partial charge < -0.3 is 25.7 Å². The minimum atomic E-state index is -4.59. The van der Waals surface area contributed by atoms with Gasteiger partial charge in [0.25, 0.3) is 0 Å². The van der Waals surface area contributed by atoms with Crippen LogP contribution in [0.25, 0.3) is 22.3 Å². The summed E-state index contributed by atoms with van der Waals surface area (Å²) in [5, 5.41) is 3.71. The Bertz CT molecular complexity index is 1110. The number of rotatable bonds is 4. The maximum absolute atomic E-state index is 13.8. The van der Waals surface area contributed by atoms with Crippen molar-refractivity contribution in [1.29, 1.82) is 0 Å². The first-order chi connectivity index (χ1) is 15.4. The molecule has 0 aromatic carbocycles. The molecule has 2 fully saturated rings. The van der Waals surface area contributed by atoms with Crippen LogP contribution in [0.2, 0.25) is 0 Å². The van der Waals surface area contributed by atoms with Crippen molar-refractivity contribution >= 4 is 22.8 Å². The van der Waals surface area contributed by atoms with Crippen molar-refractivity contribution in [3.63, 3.8) is 0 Å². The number of fused-ring (bicyclic) bond motifs is 1. The van der Waals surface area contributed by atoms with E-state index in [2.05, 4.69) is 30.2 Å². The van der Waals surface area contributed by atoms with Crippen LogP contribution >= 0.6 is 0 Å². The highest BCUT2D eigenvalue weighted by Gasteiger charge is 2.36. The lowest BCUT2D eigenvalue weighted by Crippen LogP contribution is -2.36. The number of alkyl halides is 3. The lowest BCUT2D eigenvalue weighted by Gasteiger charge is -2.27. The molecule has 1 saturated carbocycles. The van der Waals surface area contributed by atoms with E-state index in [1.165, 1.54) is 6.20 Å². The van der Waals surface area contributed by atoms with Crippen LogP contribution in [-0.2, 0) is 10.9 Å². The predicted molar refractivity (Wildman–Crippen MR) is 114 cm³/mol. The van der Waals surface area contributed by atoms with Crippen LogP contribution in [0.3, 0.4) is 0 Å². The Hall–Kier alpha value is -2.92. The van der Waals surface area contributed by atoms with Gasteiger partial charge in [-0.3, -0.25) is 0 Å². The Kier molecular flexibility index (Phi) is 5.38. The second-order valence-electron chi connectivity index (χ2n) is 8.24. The first-order valence-electron chi connectivity index (χ1n) is 10.7. The highest BCUT2D eigenvalue weighted by Crippen LogP contribution is 2.39. The molecule has 3 aromatic heterocycles. The van der Waals surface area contributed by atoms with Crippen LogP contribution in [0.1, 0.15) is 24.8 Å². The van der Waals surface area contributed by atoms with Crippen LogP contribution in [-0.4, -0.2) is 58.3 Å². The molecule has 2 aliphatic rings. The van der Waals surface area contributed by atoms with Gasteiger partial charge in [-0.1, -0.05) is 0 Å². The second kappa shape index (κ2) is 8.21. The highest BCUT2D eigenvalue weighted by molar-refractivity contribution is 5.94. The topological polar surface area (TPSA) is 105 Å². The lowest BCUT2D eigenvalue weighted by molar-refractivity contribution is -0.137. The zero-order chi connectivity index (χ0) is 22.3. The van der Waals surface area contributed by atoms with Gasteiger partial charge in [-0.05, 0) is 31.4 Å². The van der Waals surface area contributed by atoms with E-state index in [0.29, 0.717) is 29.8 Å². The minimum absolute atomic E-state index is 0.0512. The third kappa shape index (κ3) is 4.09. The molecule has 2 atom stereocenters. The van der Waals surface area contributed by atoms with Gasteiger partial charge in [0.15, 0.2) is 0 Å². The van der Waals surface area contributed by atoms with E-state index >= 15 is 0 Å². The molecule has 0 bridgehead atoms. The average Bonchev–Trinajstić information content (AvgIpc) is 3.39. The summed E-state index contributed by atoms with van der Waals surface area (Å²) in [4.78, 5) is 17.9. The number of hydrogen-bond acceptors (Lipinski definition) is 7. The Morgan fingerprint density at radius 3 is 2.69 bits per heavy atom. The summed E-state index contributed by atoms with van der Waals surface area (Å²) in [7, 11) is 0. The number of nitrogens with zero attached hydrogens (tertiary/aromatic N) is 4. The van der Waals surface area contributed by atoms with Gasteiger partial charge in [0.1, 0.15) is 17.0 Å². The number of H-pyrrole nitrogens is 1. The van der Waals surface area contributed by atoms with Crippen molar-refractivity contribution in [2.45, 2.75) is 37.5 Å². The smallest absolute Gasteiger partial charge is 0.378 e. The number of anilines is 2. The van der Waals surface area contributed by atoms with E-state index in [4.69, 9.17) is 10.5 Å². The average molecular weight is 447 g/mol. The molecule has 0 radical (unpaired) electrons. The quantitative estimate of drug-likeness (QED) is 0.564. The number of aromatic amines is 1. The van der Waals surface area contributed by atoms with Gasteiger partial charge >= 0.3 is 6.18 Å². The third-order valence-corrected chi connectivity index (χ3v) is 6.01. The van der Waals surface area contributed by atoms with Gasteiger partial charge in [0.05, 0.1) is 18.9 Å². The fourth-order valence-electron chi connectivity index (χ4n) is 4.35. The first-order valence-corrected chi connectivity index (χ1v) is 10.7. The molecule has 0 amide bonds. The van der Waals surface area contributed by atoms with Crippen molar-refractivity contribution in [2.24, 2.45) is 5.73 Å². The number of halogens is 3. The summed E-state index contributed by atoms with van der Waals surface area (Å²) in [6, 6.07) is 3.74. The van der Waals surface area contributed by atoms with E-state index in [1.807, 2.05) is 6.07 Å². The molecule has 4 N–H and O–H groups in total. The van der Waals surface area contributed by atoms with Crippen molar-refractivity contribution in [3.05, 3.63) is 30.1 Å². The molecule has 0 spiro atoms. The molecule has 1 aliphatic heterocycles. The van der Waals surface area contributed by atoms with E-state index in [-0.39, 0.29) is 23.7 Å². The Morgan fingerprint density at radius 2 is 1.97 bits per heavy atom. The second-order valence-corrected chi connectivity index (χ2v) is 8.24. The van der Waals surface area contributed by atoms with Gasteiger partial charge in [-0.2, -0.15) is 13.2 Å². The standard InChI is InChI=1S/C21H24F3N7O/c22-21(23,24)16-11-27-20(28-13-2-1-12(25)9-13)30-18(16)15-10-26-19-14(15)3-4-17(29-19)31-5-7-32-8-6-31/h3-4,10-13H,1-2,5-9,25H2,(H,26,29)(H,27,28,30). The molecule has 32 heavy (non-hydrogen) atoms. The Morgan fingerprint density at radius 1 is 1.16 bits per heavy atom. The molecular formula is C21H24F3N7O. The van der Waals surface area contributed by atoms with Crippen molar-refractivity contribution < 1.29 is 17.9 Å². The maximum Gasteiger partial charge on any atom is 0.419 e. The van der Waals surface area contributed by atoms with Gasteiger partial charge in [-0.15, -0.1) is 0 Å². The van der Waals surface area contributed by atoms with Gasteiger partial charge in [0, 0.05) is 48.5 Å². The number of nitrogens with two attached hydrogens (primary N) is 1. The maximum atomic E-state index is 13.8. The van der Waals surface area contributed by atoms with Crippen molar-refractivity contribution in [2.75, 3.05) is 36.5 Å². The first kappa shape index (κ1) is 21.0. The number of aromatic nitrogens is 4. The predicted octanol–water partition coefficient (Wildman–Crippen LogP) is 3.17. The lowest BCUT2D eigenvalue weighted by atomic mass is 10.1. The van der Waals surface area contributed by atoms with E-state index in [1.54, 1.807) is 6.07 Å². The fourth-order valence-corrected chi connectivity index (χ4v) is 4.35. The zero-order valence-corrected chi connectivity index (χ0v) is 17.3. The van der Waals surface area contributed by atoms with E-state index < -0.39 is 11.7 Å². The summed E-state index contributed by atoms with van der Waals surface area (Å²) < 4.78 is 46.7. The molecular weight excluding hydrogens is 423 g/mol. The fraction of sp³-hybridized carbons (Fsp3) is 0.476. The van der Waals surface area contributed by atoms with Crippen LogP contribution < -0.4 is 16.0 Å². The Labute approximate surface area is 182 Å². The summed E-state index contributed by atoms with van der Waals surface area (Å²) in [6.45, 7) is 2.67. The number of pyridine rings is 1. The van der Waals surface area contributed by atoms with Crippen LogP contribution in [0, 0.1) is 0 Å². The summed E-state index contributed by atoms with van der Waals surface area (Å²) in [5.74, 6) is 0.923. The van der Waals surface area contributed by atoms with Crippen molar-refractivity contribution in [3.8, 4) is 11.3 Å². The molecule has 5 rings (SSSR count). The van der Waals surface area contributed by atoms with Crippen LogP contribution in [0.5, 0.6) is 0 Å². The SMILES string of the molecule is NC1CCC(Nc2ncc(C(F)(F)F)c(-c3c[nH]c4nc(N5CCOCC5)ccc34)n2)C1. The van der Waals surface area contributed by atoms with Crippen LogP contribution in [0.15, 0.2) is 24.5 Å². The zero-order valence-electron chi connectivity index (χ0n) is 17.3. The molecule has 170 valence electrons. The summed E-state index contributed by atoms with van der Waals surface area (Å²) in [6.07, 6.45) is 0.212. The van der Waals surface area contributed by atoms with Crippen LogP contribution in [0.4, 0.5) is 24.9 Å². The molecule has 3 aromatic rings. The third-order valence-electron chi connectivity index (χ3n) is 6.01. The molecule has 1 aliphatic carbocycles. The van der Waals surface area contributed by atoms with Gasteiger partial charge in [-0.25, -0.2) is 15.0 Å². The highest BCUT2D eigenvalue weighted by atomic mass is 19.4. The molecule has 1 saturated heterocycles. The van der Waals surface area contributed by atoms with Crippen molar-refractivity contribution in [1.82, 2.24) is 19.9 Å². The Balaban J connectivity index is 1.52. The summed E-state index contributed by atoms with van der Waals surface area (Å²) in [5.41, 5.74) is 5.72. The van der Waals surface area contributed by atoms with Gasteiger partial charge in [0.2, 0.25) is 5.95 Å². The molecule has 4 heterocycles. The number of morpholine rings is 1. The number of hydrogen-bond donors (Lipinski definition) is 3. The van der Waals surface area contributed by atoms with E-state index in [0.717, 1.165) is 44.4 Å².